The van der Waals surface area contributed by atoms with Crippen LogP contribution in [-0.4, -0.2) is 28.9 Å². The molecule has 1 aliphatic heterocycles. The van der Waals surface area contributed by atoms with Crippen molar-refractivity contribution in [2.75, 3.05) is 13.1 Å². The Morgan fingerprint density at radius 2 is 2.47 bits per heavy atom. The van der Waals surface area contributed by atoms with Crippen LogP contribution in [0.5, 0.6) is 0 Å². The molecular formula is C13H15N3O. The van der Waals surface area contributed by atoms with Crippen molar-refractivity contribution in [1.82, 2.24) is 9.88 Å². The van der Waals surface area contributed by atoms with Gasteiger partial charge in [0.1, 0.15) is 5.69 Å². The van der Waals surface area contributed by atoms with E-state index in [1.54, 1.807) is 11.0 Å². The average Bonchev–Trinajstić information content (AvgIpc) is 2.86. The molecule has 0 bridgehead atoms. The van der Waals surface area contributed by atoms with E-state index in [-0.39, 0.29) is 11.8 Å². The predicted molar refractivity (Wildman–Crippen MR) is 63.2 cm³/mol. The van der Waals surface area contributed by atoms with Gasteiger partial charge in [-0.2, -0.15) is 5.26 Å². The van der Waals surface area contributed by atoms with E-state index in [1.807, 2.05) is 19.1 Å². The van der Waals surface area contributed by atoms with E-state index in [4.69, 9.17) is 5.26 Å². The van der Waals surface area contributed by atoms with Crippen LogP contribution in [0.2, 0.25) is 0 Å². The van der Waals surface area contributed by atoms with Gasteiger partial charge in [-0.3, -0.25) is 4.79 Å². The smallest absolute Gasteiger partial charge is 0.272 e. The van der Waals surface area contributed by atoms with Crippen molar-refractivity contribution in [2.24, 2.45) is 5.92 Å². The summed E-state index contributed by atoms with van der Waals surface area (Å²) in [7, 11) is 0. The summed E-state index contributed by atoms with van der Waals surface area (Å²) in [6.45, 7) is 3.21. The number of rotatable bonds is 2. The fourth-order valence-corrected chi connectivity index (χ4v) is 2.01. The van der Waals surface area contributed by atoms with Crippen LogP contribution in [0.4, 0.5) is 0 Å². The van der Waals surface area contributed by atoms with Gasteiger partial charge in [-0.05, 0) is 25.0 Å². The van der Waals surface area contributed by atoms with Gasteiger partial charge < -0.3 is 4.90 Å². The lowest BCUT2D eigenvalue weighted by atomic mass is 10.1. The third-order valence-corrected chi connectivity index (χ3v) is 3.05. The molecule has 0 aliphatic carbocycles. The van der Waals surface area contributed by atoms with E-state index in [0.717, 1.165) is 18.5 Å². The van der Waals surface area contributed by atoms with Crippen LogP contribution in [0.25, 0.3) is 0 Å². The zero-order valence-electron chi connectivity index (χ0n) is 9.89. The van der Waals surface area contributed by atoms with Gasteiger partial charge in [-0.15, -0.1) is 0 Å². The first-order valence-electron chi connectivity index (χ1n) is 5.89. The van der Waals surface area contributed by atoms with Crippen LogP contribution >= 0.6 is 0 Å². The number of pyridine rings is 1. The molecule has 88 valence electrons. The number of carbonyl (C=O) groups is 1. The normalized spacial score (nSPS) is 19.1. The molecule has 1 amide bonds. The largest absolute Gasteiger partial charge is 0.336 e. The van der Waals surface area contributed by atoms with Gasteiger partial charge in [0, 0.05) is 18.8 Å². The molecule has 4 heteroatoms. The summed E-state index contributed by atoms with van der Waals surface area (Å²) in [5, 5.41) is 8.81. The molecule has 1 saturated heterocycles. The third-order valence-electron chi connectivity index (χ3n) is 3.05. The molecule has 0 radical (unpaired) electrons. The van der Waals surface area contributed by atoms with E-state index in [2.05, 4.69) is 11.1 Å². The minimum atomic E-state index is -0.0574. The third kappa shape index (κ3) is 2.44. The first-order valence-corrected chi connectivity index (χ1v) is 5.89. The SMILES string of the molecule is CCc1cccc(C(=O)N2CCC(C#N)C2)n1. The minimum Gasteiger partial charge on any atom is -0.336 e. The Labute approximate surface area is 101 Å². The van der Waals surface area contributed by atoms with E-state index in [0.29, 0.717) is 18.8 Å². The van der Waals surface area contributed by atoms with Gasteiger partial charge >= 0.3 is 0 Å². The zero-order chi connectivity index (χ0) is 12.3. The molecular weight excluding hydrogens is 214 g/mol. The second-order valence-corrected chi connectivity index (χ2v) is 4.23. The van der Waals surface area contributed by atoms with Gasteiger partial charge in [0.25, 0.3) is 5.91 Å². The number of nitriles is 1. The standard InChI is InChI=1S/C13H15N3O/c1-2-11-4-3-5-12(15-11)13(17)16-7-6-10(8-14)9-16/h3-5,10H,2,6-7,9H2,1H3. The molecule has 1 fully saturated rings. The summed E-state index contributed by atoms with van der Waals surface area (Å²) < 4.78 is 0. The van der Waals surface area contributed by atoms with Crippen molar-refractivity contribution in [3.63, 3.8) is 0 Å². The molecule has 1 aromatic heterocycles. The fourth-order valence-electron chi connectivity index (χ4n) is 2.01. The predicted octanol–water partition coefficient (Wildman–Crippen LogP) is 1.63. The fraction of sp³-hybridized carbons (Fsp3) is 0.462. The molecule has 0 N–H and O–H groups in total. The molecule has 17 heavy (non-hydrogen) atoms. The number of amides is 1. The Hall–Kier alpha value is -1.89. The van der Waals surface area contributed by atoms with Crippen molar-refractivity contribution in [1.29, 1.82) is 5.26 Å². The summed E-state index contributed by atoms with van der Waals surface area (Å²) in [6, 6.07) is 7.72. The van der Waals surface area contributed by atoms with Gasteiger partial charge in [0.05, 0.1) is 12.0 Å². The quantitative estimate of drug-likeness (QED) is 0.774. The maximum atomic E-state index is 12.1. The summed E-state index contributed by atoms with van der Waals surface area (Å²) in [6.07, 6.45) is 1.59. The van der Waals surface area contributed by atoms with Crippen molar-refractivity contribution in [2.45, 2.75) is 19.8 Å². The van der Waals surface area contributed by atoms with E-state index >= 15 is 0 Å². The summed E-state index contributed by atoms with van der Waals surface area (Å²) in [4.78, 5) is 18.2. The molecule has 0 saturated carbocycles. The Bertz CT molecular complexity index is 464. The first kappa shape index (κ1) is 11.6. The molecule has 1 aliphatic rings. The lowest BCUT2D eigenvalue weighted by Crippen LogP contribution is -2.29. The van der Waals surface area contributed by atoms with Crippen molar-refractivity contribution >= 4 is 5.91 Å². The molecule has 0 spiro atoms. The maximum absolute atomic E-state index is 12.1. The van der Waals surface area contributed by atoms with E-state index in [9.17, 15) is 4.79 Å². The molecule has 4 nitrogen and oxygen atoms in total. The van der Waals surface area contributed by atoms with Gasteiger partial charge in [0.15, 0.2) is 0 Å². The molecule has 2 heterocycles. The minimum absolute atomic E-state index is 0.0201. The average molecular weight is 229 g/mol. The number of hydrogen-bond acceptors (Lipinski definition) is 3. The van der Waals surface area contributed by atoms with Gasteiger partial charge in [-0.25, -0.2) is 4.98 Å². The van der Waals surface area contributed by atoms with Crippen molar-refractivity contribution < 1.29 is 4.79 Å². The summed E-state index contributed by atoms with van der Waals surface area (Å²) in [5.41, 5.74) is 1.41. The molecule has 1 aromatic rings. The molecule has 0 aromatic carbocycles. The Morgan fingerprint density at radius 3 is 3.12 bits per heavy atom. The summed E-state index contributed by atoms with van der Waals surface area (Å²) >= 11 is 0. The Kier molecular flexibility index (Phi) is 3.38. The number of hydrogen-bond donors (Lipinski definition) is 0. The highest BCUT2D eigenvalue weighted by Gasteiger charge is 2.27. The molecule has 1 atom stereocenters. The Balaban J connectivity index is 2.12. The maximum Gasteiger partial charge on any atom is 0.272 e. The van der Waals surface area contributed by atoms with Crippen LogP contribution in [0.15, 0.2) is 18.2 Å². The Morgan fingerprint density at radius 1 is 1.65 bits per heavy atom. The lowest BCUT2D eigenvalue weighted by Gasteiger charge is -2.14. The van der Waals surface area contributed by atoms with Crippen LogP contribution in [-0.2, 0) is 6.42 Å². The van der Waals surface area contributed by atoms with Gasteiger partial charge in [-0.1, -0.05) is 13.0 Å². The van der Waals surface area contributed by atoms with E-state index < -0.39 is 0 Å². The number of aromatic nitrogens is 1. The number of carbonyl (C=O) groups excluding carboxylic acids is 1. The highest BCUT2D eigenvalue weighted by molar-refractivity contribution is 5.92. The van der Waals surface area contributed by atoms with Gasteiger partial charge in [0.2, 0.25) is 0 Å². The highest BCUT2D eigenvalue weighted by Crippen LogP contribution is 2.17. The zero-order valence-corrected chi connectivity index (χ0v) is 9.89. The number of aryl methyl sites for hydroxylation is 1. The van der Waals surface area contributed by atoms with Crippen LogP contribution < -0.4 is 0 Å². The molecule has 2 rings (SSSR count). The van der Waals surface area contributed by atoms with Crippen LogP contribution in [0.3, 0.4) is 0 Å². The van der Waals surface area contributed by atoms with Crippen LogP contribution in [0, 0.1) is 17.2 Å². The topological polar surface area (TPSA) is 57.0 Å². The van der Waals surface area contributed by atoms with Crippen molar-refractivity contribution in [3.05, 3.63) is 29.6 Å². The number of nitrogens with zero attached hydrogens (tertiary/aromatic N) is 3. The summed E-state index contributed by atoms with van der Waals surface area (Å²) in [5.74, 6) is -0.0774. The second kappa shape index (κ2) is 4.96. The molecule has 1 unspecified atom stereocenters. The number of likely N-dealkylation sites (tertiary alicyclic amines) is 1. The van der Waals surface area contributed by atoms with Crippen molar-refractivity contribution in [3.8, 4) is 6.07 Å². The first-order chi connectivity index (χ1) is 8.24. The van der Waals surface area contributed by atoms with E-state index in [1.165, 1.54) is 0 Å². The lowest BCUT2D eigenvalue weighted by molar-refractivity contribution is 0.0784. The highest BCUT2D eigenvalue weighted by atomic mass is 16.2. The second-order valence-electron chi connectivity index (χ2n) is 4.23. The monoisotopic (exact) mass is 229 g/mol. The van der Waals surface area contributed by atoms with Crippen LogP contribution in [0.1, 0.15) is 29.5 Å².